The molecule has 4 saturated carbocycles. The molecular weight excluding hydrogens is 346 g/mol. The summed E-state index contributed by atoms with van der Waals surface area (Å²) < 4.78 is 0. The van der Waals surface area contributed by atoms with Crippen LogP contribution in [0, 0.1) is 34.5 Å². The van der Waals surface area contributed by atoms with Gasteiger partial charge < -0.3 is 10.0 Å². The SMILES string of the molecule is CN(C(=O)CCl)[C@H]1CC[C@@H]2[C@H]3CC[C@H]4C[C@@H](O)CC[C@]4(C)[C@H]3CC[C@@]21C. The van der Waals surface area contributed by atoms with E-state index < -0.39 is 0 Å². The first-order chi connectivity index (χ1) is 12.3. The maximum Gasteiger partial charge on any atom is 0.237 e. The molecule has 1 amide bonds. The van der Waals surface area contributed by atoms with Crippen molar-refractivity contribution in [3.05, 3.63) is 0 Å². The first kappa shape index (κ1) is 19.1. The van der Waals surface area contributed by atoms with Gasteiger partial charge in [-0.25, -0.2) is 0 Å². The van der Waals surface area contributed by atoms with Gasteiger partial charge in [-0.3, -0.25) is 4.79 Å². The topological polar surface area (TPSA) is 40.5 Å². The van der Waals surface area contributed by atoms with Gasteiger partial charge in [-0.2, -0.15) is 0 Å². The second-order valence-corrected chi connectivity index (χ2v) is 10.6. The van der Waals surface area contributed by atoms with Crippen LogP contribution in [0.5, 0.6) is 0 Å². The molecular formula is C22H36ClNO2. The van der Waals surface area contributed by atoms with Gasteiger partial charge in [0.15, 0.2) is 0 Å². The Hall–Kier alpha value is -0.280. The molecule has 4 fully saturated rings. The first-order valence-corrected chi connectivity index (χ1v) is 11.3. The maximum atomic E-state index is 12.2. The molecule has 0 aromatic carbocycles. The summed E-state index contributed by atoms with van der Waals surface area (Å²) in [5, 5.41) is 10.2. The van der Waals surface area contributed by atoms with Gasteiger partial charge in [0.25, 0.3) is 0 Å². The number of hydrogen-bond donors (Lipinski definition) is 1. The Labute approximate surface area is 163 Å². The molecule has 3 nitrogen and oxygen atoms in total. The monoisotopic (exact) mass is 381 g/mol. The zero-order valence-corrected chi connectivity index (χ0v) is 17.5. The molecule has 148 valence electrons. The summed E-state index contributed by atoms with van der Waals surface area (Å²) in [6.07, 6.45) is 10.7. The maximum absolute atomic E-state index is 12.2. The molecule has 1 N–H and O–H groups in total. The van der Waals surface area contributed by atoms with Crippen LogP contribution < -0.4 is 0 Å². The lowest BCUT2D eigenvalue weighted by Gasteiger charge is -2.61. The lowest BCUT2D eigenvalue weighted by molar-refractivity contribution is -0.140. The second-order valence-electron chi connectivity index (χ2n) is 10.4. The number of aliphatic hydroxyl groups is 1. The molecule has 0 bridgehead atoms. The van der Waals surface area contributed by atoms with Gasteiger partial charge in [-0.05, 0) is 92.3 Å². The lowest BCUT2D eigenvalue weighted by Crippen LogP contribution is -2.56. The minimum absolute atomic E-state index is 0.0652. The molecule has 4 rings (SSSR count). The van der Waals surface area contributed by atoms with Crippen molar-refractivity contribution in [2.75, 3.05) is 12.9 Å². The van der Waals surface area contributed by atoms with Crippen molar-refractivity contribution < 1.29 is 9.90 Å². The van der Waals surface area contributed by atoms with Gasteiger partial charge in [0, 0.05) is 13.1 Å². The summed E-state index contributed by atoms with van der Waals surface area (Å²) in [5.74, 6) is 3.28. The second kappa shape index (κ2) is 6.65. The molecule has 26 heavy (non-hydrogen) atoms. The minimum atomic E-state index is -0.0652. The van der Waals surface area contributed by atoms with E-state index in [0.29, 0.717) is 11.5 Å². The zero-order chi connectivity index (χ0) is 18.7. The summed E-state index contributed by atoms with van der Waals surface area (Å²) in [5.41, 5.74) is 0.689. The van der Waals surface area contributed by atoms with Crippen molar-refractivity contribution in [2.45, 2.75) is 83.8 Å². The first-order valence-electron chi connectivity index (χ1n) is 10.8. The van der Waals surface area contributed by atoms with E-state index in [-0.39, 0.29) is 23.3 Å². The van der Waals surface area contributed by atoms with Crippen LogP contribution in [0.3, 0.4) is 0 Å². The third-order valence-corrected chi connectivity index (χ3v) is 9.79. The zero-order valence-electron chi connectivity index (χ0n) is 16.7. The van der Waals surface area contributed by atoms with Gasteiger partial charge in [-0.15, -0.1) is 11.6 Å². The van der Waals surface area contributed by atoms with Crippen LogP contribution in [0.2, 0.25) is 0 Å². The van der Waals surface area contributed by atoms with Crippen LogP contribution in [0.25, 0.3) is 0 Å². The number of alkyl halides is 1. The van der Waals surface area contributed by atoms with Crippen LogP contribution in [-0.4, -0.2) is 41.0 Å². The van der Waals surface area contributed by atoms with E-state index in [1.807, 2.05) is 11.9 Å². The molecule has 4 aliphatic rings. The van der Waals surface area contributed by atoms with Crippen molar-refractivity contribution in [3.8, 4) is 0 Å². The number of aliphatic hydroxyl groups excluding tert-OH is 1. The van der Waals surface area contributed by atoms with Crippen molar-refractivity contribution in [1.29, 1.82) is 0 Å². The van der Waals surface area contributed by atoms with Crippen LogP contribution in [-0.2, 0) is 4.79 Å². The molecule has 0 saturated heterocycles. The summed E-state index contributed by atoms with van der Waals surface area (Å²) >= 11 is 5.85. The number of carbonyl (C=O) groups is 1. The van der Waals surface area contributed by atoms with Gasteiger partial charge in [-0.1, -0.05) is 13.8 Å². The number of halogens is 1. The number of carbonyl (C=O) groups excluding carboxylic acids is 1. The highest BCUT2D eigenvalue weighted by atomic mass is 35.5. The fourth-order valence-corrected chi connectivity index (χ4v) is 8.30. The van der Waals surface area contributed by atoms with Gasteiger partial charge >= 0.3 is 0 Å². The van der Waals surface area contributed by atoms with Crippen LogP contribution in [0.4, 0.5) is 0 Å². The van der Waals surface area contributed by atoms with E-state index in [9.17, 15) is 9.90 Å². The quantitative estimate of drug-likeness (QED) is 0.717. The summed E-state index contributed by atoms with van der Waals surface area (Å²) in [6.45, 7) is 5.00. The number of hydrogen-bond acceptors (Lipinski definition) is 2. The Balaban J connectivity index is 1.57. The third kappa shape index (κ3) is 2.67. The molecule has 0 unspecified atom stereocenters. The summed E-state index contributed by atoms with van der Waals surface area (Å²) in [4.78, 5) is 14.2. The molecule has 4 aliphatic carbocycles. The van der Waals surface area contributed by atoms with Crippen molar-refractivity contribution in [2.24, 2.45) is 34.5 Å². The third-order valence-electron chi connectivity index (χ3n) is 9.56. The standard InChI is InChI=1S/C22H36ClNO2/c1-21-10-8-15(25)12-14(21)4-5-16-17-6-7-19(24(3)20(26)13-23)22(17,2)11-9-18(16)21/h14-19,25H,4-13H2,1-3H3/t14-,15-,16+,17+,18-,19-,21-,22-/m0/s1. The predicted molar refractivity (Wildman–Crippen MR) is 105 cm³/mol. The molecule has 0 heterocycles. The predicted octanol–water partition coefficient (Wildman–Crippen LogP) is 4.46. The van der Waals surface area contributed by atoms with Gasteiger partial charge in [0.1, 0.15) is 5.88 Å². The number of amides is 1. The normalized spacial score (nSPS) is 50.5. The van der Waals surface area contributed by atoms with Crippen molar-refractivity contribution in [3.63, 3.8) is 0 Å². The average molecular weight is 382 g/mol. The van der Waals surface area contributed by atoms with E-state index in [1.54, 1.807) is 0 Å². The van der Waals surface area contributed by atoms with Gasteiger partial charge in [0.05, 0.1) is 6.10 Å². The van der Waals surface area contributed by atoms with Crippen LogP contribution in [0.15, 0.2) is 0 Å². The van der Waals surface area contributed by atoms with Crippen molar-refractivity contribution in [1.82, 2.24) is 4.90 Å². The molecule has 0 aromatic rings. The highest BCUT2D eigenvalue weighted by Gasteiger charge is 2.60. The number of nitrogens with zero attached hydrogens (tertiary/aromatic N) is 1. The van der Waals surface area contributed by atoms with Crippen LogP contribution >= 0.6 is 11.6 Å². The summed E-state index contributed by atoms with van der Waals surface area (Å²) in [6, 6.07) is 0.360. The highest BCUT2D eigenvalue weighted by molar-refractivity contribution is 6.27. The lowest BCUT2D eigenvalue weighted by atomic mass is 9.45. The molecule has 0 aliphatic heterocycles. The van der Waals surface area contributed by atoms with Crippen LogP contribution in [0.1, 0.15) is 71.6 Å². The molecule has 4 heteroatoms. The van der Waals surface area contributed by atoms with Gasteiger partial charge in [0.2, 0.25) is 5.91 Å². The number of fused-ring (bicyclic) bond motifs is 5. The van der Waals surface area contributed by atoms with Crippen molar-refractivity contribution >= 4 is 17.5 Å². The van der Waals surface area contributed by atoms with E-state index >= 15 is 0 Å². The highest BCUT2D eigenvalue weighted by Crippen LogP contribution is 2.66. The fraction of sp³-hybridized carbons (Fsp3) is 0.955. The van der Waals surface area contributed by atoms with E-state index in [0.717, 1.165) is 42.9 Å². The average Bonchev–Trinajstić information content (AvgIpc) is 2.98. The largest absolute Gasteiger partial charge is 0.393 e. The number of rotatable bonds is 2. The molecule has 0 spiro atoms. The Bertz CT molecular complexity index is 568. The Kier molecular flexibility index (Phi) is 4.88. The van der Waals surface area contributed by atoms with E-state index in [2.05, 4.69) is 13.8 Å². The van der Waals surface area contributed by atoms with E-state index in [1.165, 1.54) is 38.5 Å². The fourth-order valence-electron chi connectivity index (χ4n) is 8.11. The Morgan fingerprint density at radius 2 is 1.73 bits per heavy atom. The summed E-state index contributed by atoms with van der Waals surface area (Å²) in [7, 11) is 1.97. The smallest absolute Gasteiger partial charge is 0.237 e. The molecule has 0 radical (unpaired) electrons. The molecule has 8 atom stereocenters. The Morgan fingerprint density at radius 1 is 1.04 bits per heavy atom. The van der Waals surface area contributed by atoms with E-state index in [4.69, 9.17) is 11.6 Å². The minimum Gasteiger partial charge on any atom is -0.393 e. The molecule has 0 aromatic heterocycles. The Morgan fingerprint density at radius 3 is 2.46 bits per heavy atom.